The topological polar surface area (TPSA) is 86.6 Å². The number of amides is 1. The summed E-state index contributed by atoms with van der Waals surface area (Å²) in [6.45, 7) is 0.203. The average molecular weight is 235 g/mol. The van der Waals surface area contributed by atoms with Gasteiger partial charge < -0.3 is 15.5 Å². The van der Waals surface area contributed by atoms with Crippen molar-refractivity contribution >= 4 is 24.1 Å². The van der Waals surface area contributed by atoms with Gasteiger partial charge in [0, 0.05) is 12.4 Å². The molecule has 1 unspecified atom stereocenters. The van der Waals surface area contributed by atoms with Crippen LogP contribution in [-0.2, 0) is 9.59 Å². The molecule has 1 atom stereocenters. The highest BCUT2D eigenvalue weighted by molar-refractivity contribution is 7.99. The predicted molar refractivity (Wildman–Crippen MR) is 58.9 cm³/mol. The Morgan fingerprint density at radius 2 is 2.13 bits per heavy atom. The number of carboxylic acids is 1. The van der Waals surface area contributed by atoms with Crippen molar-refractivity contribution in [2.24, 2.45) is 0 Å². The van der Waals surface area contributed by atoms with Gasteiger partial charge in [-0.15, -0.1) is 0 Å². The first-order chi connectivity index (χ1) is 7.22. The zero-order chi connectivity index (χ0) is 11.5. The maximum absolute atomic E-state index is 10.6. The molecule has 5 nitrogen and oxygen atoms in total. The Morgan fingerprint density at radius 3 is 2.67 bits per heavy atom. The molecule has 0 saturated carbocycles. The lowest BCUT2D eigenvalue weighted by atomic mass is 10.3. The van der Waals surface area contributed by atoms with E-state index in [1.165, 1.54) is 11.8 Å². The number of nitrogens with one attached hydrogen (secondary N) is 1. The Bertz CT molecular complexity index is 189. The van der Waals surface area contributed by atoms with Crippen LogP contribution in [-0.4, -0.2) is 46.7 Å². The van der Waals surface area contributed by atoms with Gasteiger partial charge in [-0.2, -0.15) is 11.8 Å². The van der Waals surface area contributed by atoms with Crippen molar-refractivity contribution in [3.8, 4) is 0 Å². The molecule has 0 rings (SSSR count). The first-order valence-corrected chi connectivity index (χ1v) is 5.99. The van der Waals surface area contributed by atoms with Gasteiger partial charge in [0.1, 0.15) is 6.04 Å². The molecule has 6 heteroatoms. The minimum atomic E-state index is -1.01. The number of carbonyl (C=O) groups excluding carboxylic acids is 1. The number of aliphatic carboxylic acids is 1. The van der Waals surface area contributed by atoms with E-state index in [0.29, 0.717) is 12.2 Å². The third-order valence-electron chi connectivity index (χ3n) is 1.80. The molecule has 88 valence electrons. The zero-order valence-corrected chi connectivity index (χ0v) is 9.33. The summed E-state index contributed by atoms with van der Waals surface area (Å²) in [6.07, 6.45) is 3.10. The third kappa shape index (κ3) is 8.26. The van der Waals surface area contributed by atoms with E-state index < -0.39 is 12.0 Å². The quantitative estimate of drug-likeness (QED) is 0.369. The van der Waals surface area contributed by atoms with Crippen LogP contribution in [0.4, 0.5) is 0 Å². The molecule has 3 N–H and O–H groups in total. The van der Waals surface area contributed by atoms with E-state index in [1.54, 1.807) is 0 Å². The molecule has 0 aliphatic heterocycles. The Balaban J connectivity index is 3.45. The van der Waals surface area contributed by atoms with Gasteiger partial charge in [0.05, 0.1) is 0 Å². The predicted octanol–water partition coefficient (Wildman–Crippen LogP) is 0.0814. The minimum absolute atomic E-state index is 0.203. The molecule has 0 radical (unpaired) electrons. The number of aliphatic hydroxyl groups is 1. The van der Waals surface area contributed by atoms with E-state index in [9.17, 15) is 9.59 Å². The van der Waals surface area contributed by atoms with Gasteiger partial charge in [0.15, 0.2) is 0 Å². The second kappa shape index (κ2) is 9.79. The Kier molecular flexibility index (Phi) is 9.30. The molecule has 0 aliphatic rings. The molecule has 0 fully saturated rings. The van der Waals surface area contributed by atoms with Gasteiger partial charge in [-0.1, -0.05) is 6.42 Å². The molecule has 1 amide bonds. The van der Waals surface area contributed by atoms with Gasteiger partial charge in [-0.05, 0) is 18.6 Å². The van der Waals surface area contributed by atoms with E-state index in [2.05, 4.69) is 5.32 Å². The molecule has 0 aliphatic carbocycles. The van der Waals surface area contributed by atoms with Crippen LogP contribution >= 0.6 is 11.8 Å². The molecule has 0 bridgehead atoms. The van der Waals surface area contributed by atoms with Crippen molar-refractivity contribution in [3.05, 3.63) is 0 Å². The van der Waals surface area contributed by atoms with E-state index >= 15 is 0 Å². The number of carbonyl (C=O) groups is 2. The standard InChI is InChI=1S/C9H17NO4S/c11-4-2-1-3-5-15-6-8(9(13)14)10-7-12/h7-8,11H,1-6H2,(H,10,12)(H,13,14). The van der Waals surface area contributed by atoms with Crippen LogP contribution in [0.3, 0.4) is 0 Å². The van der Waals surface area contributed by atoms with Gasteiger partial charge in [-0.25, -0.2) is 4.79 Å². The average Bonchev–Trinajstić information content (AvgIpc) is 2.21. The van der Waals surface area contributed by atoms with Crippen molar-refractivity contribution in [1.82, 2.24) is 5.32 Å². The van der Waals surface area contributed by atoms with E-state index in [4.69, 9.17) is 10.2 Å². The van der Waals surface area contributed by atoms with Crippen molar-refractivity contribution in [3.63, 3.8) is 0 Å². The smallest absolute Gasteiger partial charge is 0.327 e. The summed E-state index contributed by atoms with van der Waals surface area (Å²) in [5.41, 5.74) is 0. The summed E-state index contributed by atoms with van der Waals surface area (Å²) in [6, 6.07) is -0.801. The Morgan fingerprint density at radius 1 is 1.40 bits per heavy atom. The minimum Gasteiger partial charge on any atom is -0.480 e. The first kappa shape index (κ1) is 14.2. The molecule has 0 aromatic rings. The Hall–Kier alpha value is -0.750. The molecule has 0 spiro atoms. The fourth-order valence-electron chi connectivity index (χ4n) is 0.967. The fraction of sp³-hybridized carbons (Fsp3) is 0.778. The van der Waals surface area contributed by atoms with E-state index in [-0.39, 0.29) is 6.61 Å². The number of thioether (sulfide) groups is 1. The highest BCUT2D eigenvalue weighted by Gasteiger charge is 2.15. The highest BCUT2D eigenvalue weighted by Crippen LogP contribution is 2.07. The lowest BCUT2D eigenvalue weighted by Crippen LogP contribution is -2.37. The summed E-state index contributed by atoms with van der Waals surface area (Å²) >= 11 is 1.50. The van der Waals surface area contributed by atoms with Crippen molar-refractivity contribution in [2.45, 2.75) is 25.3 Å². The van der Waals surface area contributed by atoms with Crippen LogP contribution in [0.1, 0.15) is 19.3 Å². The monoisotopic (exact) mass is 235 g/mol. The summed E-state index contributed by atoms with van der Waals surface area (Å²) < 4.78 is 0. The third-order valence-corrected chi connectivity index (χ3v) is 2.95. The summed E-state index contributed by atoms with van der Waals surface area (Å²) in [7, 11) is 0. The summed E-state index contributed by atoms with van der Waals surface area (Å²) in [5.74, 6) is 0.224. The summed E-state index contributed by atoms with van der Waals surface area (Å²) in [5, 5.41) is 19.4. The van der Waals surface area contributed by atoms with Crippen LogP contribution in [0.25, 0.3) is 0 Å². The maximum atomic E-state index is 10.6. The number of rotatable bonds is 10. The van der Waals surface area contributed by atoms with Gasteiger partial charge >= 0.3 is 5.97 Å². The van der Waals surface area contributed by atoms with Crippen LogP contribution < -0.4 is 5.32 Å². The number of aliphatic hydroxyl groups excluding tert-OH is 1. The van der Waals surface area contributed by atoms with Crippen LogP contribution in [0, 0.1) is 0 Å². The van der Waals surface area contributed by atoms with Crippen molar-refractivity contribution in [2.75, 3.05) is 18.1 Å². The van der Waals surface area contributed by atoms with Gasteiger partial charge in [-0.3, -0.25) is 4.79 Å². The van der Waals surface area contributed by atoms with Crippen LogP contribution in [0.2, 0.25) is 0 Å². The van der Waals surface area contributed by atoms with E-state index in [0.717, 1.165) is 25.0 Å². The molecule has 0 aromatic heterocycles. The molecule has 0 aromatic carbocycles. The van der Waals surface area contributed by atoms with Gasteiger partial charge in [0.2, 0.25) is 6.41 Å². The number of hydrogen-bond acceptors (Lipinski definition) is 4. The SMILES string of the molecule is O=CNC(CSCCCCCO)C(=O)O. The van der Waals surface area contributed by atoms with Crippen molar-refractivity contribution in [1.29, 1.82) is 0 Å². The normalized spacial score (nSPS) is 12.1. The zero-order valence-electron chi connectivity index (χ0n) is 8.52. The lowest BCUT2D eigenvalue weighted by molar-refractivity contribution is -0.139. The first-order valence-electron chi connectivity index (χ1n) is 4.83. The Labute approximate surface area is 93.2 Å². The van der Waals surface area contributed by atoms with Crippen LogP contribution in [0.15, 0.2) is 0 Å². The second-order valence-electron chi connectivity index (χ2n) is 3.03. The van der Waals surface area contributed by atoms with E-state index in [1.807, 2.05) is 0 Å². The number of carboxylic acid groups (broad SMARTS) is 1. The molecular weight excluding hydrogens is 218 g/mol. The summed E-state index contributed by atoms with van der Waals surface area (Å²) in [4.78, 5) is 20.7. The lowest BCUT2D eigenvalue weighted by Gasteiger charge is -2.10. The largest absolute Gasteiger partial charge is 0.480 e. The second-order valence-corrected chi connectivity index (χ2v) is 4.18. The molecule has 15 heavy (non-hydrogen) atoms. The molecule has 0 saturated heterocycles. The van der Waals surface area contributed by atoms with Gasteiger partial charge in [0.25, 0.3) is 0 Å². The fourth-order valence-corrected chi connectivity index (χ4v) is 2.02. The van der Waals surface area contributed by atoms with Crippen molar-refractivity contribution < 1.29 is 19.8 Å². The molecule has 0 heterocycles. The molecular formula is C9H17NO4S. The van der Waals surface area contributed by atoms with Crippen LogP contribution in [0.5, 0.6) is 0 Å². The maximum Gasteiger partial charge on any atom is 0.327 e. The highest BCUT2D eigenvalue weighted by atomic mass is 32.2. The number of hydrogen-bond donors (Lipinski definition) is 3. The number of unbranched alkanes of at least 4 members (excludes halogenated alkanes) is 2.